The molecule has 1 atom stereocenters. The van der Waals surface area contributed by atoms with E-state index in [9.17, 15) is 4.79 Å². The molecule has 0 spiro atoms. The van der Waals surface area contributed by atoms with Gasteiger partial charge in [-0.3, -0.25) is 0 Å². The molecule has 0 aliphatic carbocycles. The second kappa shape index (κ2) is 13.2. The van der Waals surface area contributed by atoms with Gasteiger partial charge in [0.15, 0.2) is 6.10 Å². The normalized spacial score (nSPS) is 12.1. The summed E-state index contributed by atoms with van der Waals surface area (Å²) in [5.74, 6) is 1.07. The molecule has 0 bridgehead atoms. The fraction of sp³-hybridized carbons (Fsp3) is 0.300. The zero-order valence-electron chi connectivity index (χ0n) is 20.3. The van der Waals surface area contributed by atoms with Gasteiger partial charge < -0.3 is 14.2 Å². The van der Waals surface area contributed by atoms with E-state index in [0.29, 0.717) is 25.4 Å². The van der Waals surface area contributed by atoms with E-state index in [-0.39, 0.29) is 5.97 Å². The van der Waals surface area contributed by atoms with Crippen molar-refractivity contribution in [3.8, 4) is 22.6 Å². The van der Waals surface area contributed by atoms with Gasteiger partial charge >= 0.3 is 5.97 Å². The van der Waals surface area contributed by atoms with E-state index in [1.54, 1.807) is 6.92 Å². The largest absolute Gasteiger partial charge is 0.490 e. The Bertz CT molecular complexity index is 1040. The fourth-order valence-corrected chi connectivity index (χ4v) is 3.57. The number of hydrogen-bond acceptors (Lipinski definition) is 4. The van der Waals surface area contributed by atoms with Crippen LogP contribution >= 0.6 is 0 Å². The number of carbonyl (C=O) groups excluding carboxylic acids is 1. The molecule has 0 amide bonds. The Kier molecular flexibility index (Phi) is 9.78. The SMILES string of the molecule is CCCCC(Oc1ccc(OC/C=C(\C)c2ccc(-c3ccccc3)cc2)cc1)C(=O)OCC. The lowest BCUT2D eigenvalue weighted by Crippen LogP contribution is -2.29. The van der Waals surface area contributed by atoms with Gasteiger partial charge in [-0.25, -0.2) is 4.79 Å². The summed E-state index contributed by atoms with van der Waals surface area (Å²) in [7, 11) is 0. The minimum absolute atomic E-state index is 0.311. The quantitative estimate of drug-likeness (QED) is 0.266. The average molecular weight is 459 g/mol. The molecule has 0 saturated heterocycles. The van der Waals surface area contributed by atoms with Crippen LogP contribution in [0.25, 0.3) is 16.7 Å². The van der Waals surface area contributed by atoms with Crippen molar-refractivity contribution in [3.63, 3.8) is 0 Å². The number of benzene rings is 3. The highest BCUT2D eigenvalue weighted by Gasteiger charge is 2.21. The summed E-state index contributed by atoms with van der Waals surface area (Å²) in [6, 6.07) is 26.3. The van der Waals surface area contributed by atoms with Gasteiger partial charge in [0.2, 0.25) is 0 Å². The second-order valence-corrected chi connectivity index (χ2v) is 8.11. The summed E-state index contributed by atoms with van der Waals surface area (Å²) in [4.78, 5) is 12.2. The van der Waals surface area contributed by atoms with Gasteiger partial charge in [-0.05, 0) is 79.3 Å². The van der Waals surface area contributed by atoms with Crippen molar-refractivity contribution >= 4 is 11.5 Å². The maximum atomic E-state index is 12.2. The molecule has 0 saturated carbocycles. The van der Waals surface area contributed by atoms with Crippen LogP contribution in [0, 0.1) is 0 Å². The maximum Gasteiger partial charge on any atom is 0.347 e. The zero-order valence-corrected chi connectivity index (χ0v) is 20.3. The molecular formula is C30H34O4. The first kappa shape index (κ1) is 25.1. The predicted molar refractivity (Wildman–Crippen MR) is 138 cm³/mol. The minimum atomic E-state index is -0.578. The van der Waals surface area contributed by atoms with E-state index in [2.05, 4.69) is 68.5 Å². The Morgan fingerprint density at radius 3 is 2.15 bits per heavy atom. The molecule has 4 nitrogen and oxygen atoms in total. The van der Waals surface area contributed by atoms with Crippen molar-refractivity contribution in [1.82, 2.24) is 0 Å². The van der Waals surface area contributed by atoms with Crippen LogP contribution in [0.15, 0.2) is 84.9 Å². The highest BCUT2D eigenvalue weighted by Crippen LogP contribution is 2.23. The molecule has 0 N–H and O–H groups in total. The molecule has 4 heteroatoms. The van der Waals surface area contributed by atoms with E-state index in [1.807, 2.05) is 30.3 Å². The van der Waals surface area contributed by atoms with Crippen LogP contribution in [0.1, 0.15) is 45.6 Å². The van der Waals surface area contributed by atoms with Gasteiger partial charge in [-0.2, -0.15) is 0 Å². The van der Waals surface area contributed by atoms with Crippen molar-refractivity contribution in [2.45, 2.75) is 46.1 Å². The number of esters is 1. The monoisotopic (exact) mass is 458 g/mol. The Morgan fingerprint density at radius 2 is 1.50 bits per heavy atom. The van der Waals surface area contributed by atoms with E-state index >= 15 is 0 Å². The molecule has 34 heavy (non-hydrogen) atoms. The van der Waals surface area contributed by atoms with Crippen LogP contribution in [0.3, 0.4) is 0 Å². The van der Waals surface area contributed by atoms with Crippen LogP contribution in [0.2, 0.25) is 0 Å². The van der Waals surface area contributed by atoms with Crippen LogP contribution < -0.4 is 9.47 Å². The van der Waals surface area contributed by atoms with Gasteiger partial charge in [0.25, 0.3) is 0 Å². The Morgan fingerprint density at radius 1 is 0.853 bits per heavy atom. The van der Waals surface area contributed by atoms with Crippen molar-refractivity contribution in [2.24, 2.45) is 0 Å². The van der Waals surface area contributed by atoms with Crippen molar-refractivity contribution in [1.29, 1.82) is 0 Å². The first-order chi connectivity index (χ1) is 16.6. The zero-order chi connectivity index (χ0) is 24.2. The summed E-state index contributed by atoms with van der Waals surface area (Å²) >= 11 is 0. The lowest BCUT2D eigenvalue weighted by molar-refractivity contribution is -0.151. The second-order valence-electron chi connectivity index (χ2n) is 8.11. The number of rotatable bonds is 12. The van der Waals surface area contributed by atoms with Crippen molar-refractivity contribution in [2.75, 3.05) is 13.2 Å². The summed E-state index contributed by atoms with van der Waals surface area (Å²) < 4.78 is 16.9. The number of ether oxygens (including phenoxy) is 3. The lowest BCUT2D eigenvalue weighted by Gasteiger charge is -2.17. The summed E-state index contributed by atoms with van der Waals surface area (Å²) in [5, 5.41) is 0. The van der Waals surface area contributed by atoms with E-state index < -0.39 is 6.10 Å². The Balaban J connectivity index is 1.53. The Labute approximate surface area is 203 Å². The smallest absolute Gasteiger partial charge is 0.347 e. The van der Waals surface area contributed by atoms with Gasteiger partial charge in [-0.15, -0.1) is 0 Å². The molecule has 3 aromatic rings. The molecule has 0 radical (unpaired) electrons. The standard InChI is InChI=1S/C30H34O4/c1-4-6-12-29(30(31)32-5-2)34-28-19-17-27(18-20-28)33-22-21-23(3)24-13-15-26(16-14-24)25-10-8-7-9-11-25/h7-11,13-21,29H,4-6,12,22H2,1-3H3/b23-21+. The topological polar surface area (TPSA) is 44.8 Å². The van der Waals surface area contributed by atoms with Crippen LogP contribution in [-0.4, -0.2) is 25.3 Å². The third kappa shape index (κ3) is 7.51. The van der Waals surface area contributed by atoms with E-state index in [1.165, 1.54) is 16.7 Å². The fourth-order valence-electron chi connectivity index (χ4n) is 3.57. The first-order valence-electron chi connectivity index (χ1n) is 12.0. The maximum absolute atomic E-state index is 12.2. The molecule has 0 aliphatic rings. The molecular weight excluding hydrogens is 424 g/mol. The molecule has 1 unspecified atom stereocenters. The van der Waals surface area contributed by atoms with E-state index in [4.69, 9.17) is 14.2 Å². The number of carbonyl (C=O) groups is 1. The summed E-state index contributed by atoms with van der Waals surface area (Å²) in [5.41, 5.74) is 4.75. The predicted octanol–water partition coefficient (Wildman–Crippen LogP) is 7.34. The summed E-state index contributed by atoms with van der Waals surface area (Å²) in [6.07, 6.45) is 4.04. The van der Waals surface area contributed by atoms with Crippen LogP contribution in [0.4, 0.5) is 0 Å². The average Bonchev–Trinajstić information content (AvgIpc) is 2.88. The third-order valence-corrected chi connectivity index (χ3v) is 5.56. The van der Waals surface area contributed by atoms with Crippen LogP contribution in [-0.2, 0) is 9.53 Å². The minimum Gasteiger partial charge on any atom is -0.490 e. The molecule has 178 valence electrons. The molecule has 0 heterocycles. The molecule has 0 aromatic heterocycles. The van der Waals surface area contributed by atoms with E-state index in [0.717, 1.165) is 24.2 Å². The lowest BCUT2D eigenvalue weighted by atomic mass is 10.0. The van der Waals surface area contributed by atoms with Gasteiger partial charge in [0.05, 0.1) is 6.61 Å². The molecule has 0 aliphatic heterocycles. The molecule has 0 fully saturated rings. The third-order valence-electron chi connectivity index (χ3n) is 5.56. The number of allylic oxidation sites excluding steroid dienone is 1. The van der Waals surface area contributed by atoms with Crippen LogP contribution in [0.5, 0.6) is 11.5 Å². The van der Waals surface area contributed by atoms with Crippen molar-refractivity contribution in [3.05, 3.63) is 90.5 Å². The Hall–Kier alpha value is -3.53. The highest BCUT2D eigenvalue weighted by atomic mass is 16.6. The van der Waals surface area contributed by atoms with Gasteiger partial charge in [0, 0.05) is 0 Å². The number of hydrogen-bond donors (Lipinski definition) is 0. The molecule has 3 rings (SSSR count). The molecule has 3 aromatic carbocycles. The number of unbranched alkanes of at least 4 members (excludes halogenated alkanes) is 1. The highest BCUT2D eigenvalue weighted by molar-refractivity contribution is 5.75. The van der Waals surface area contributed by atoms with Gasteiger partial charge in [0.1, 0.15) is 18.1 Å². The summed E-state index contributed by atoms with van der Waals surface area (Å²) in [6.45, 7) is 6.79. The van der Waals surface area contributed by atoms with Gasteiger partial charge in [-0.1, -0.05) is 67.9 Å². The van der Waals surface area contributed by atoms with Crippen molar-refractivity contribution < 1.29 is 19.0 Å². The first-order valence-corrected chi connectivity index (χ1v) is 12.0.